The first kappa shape index (κ1) is 17.1. The number of hydrogen-bond acceptors (Lipinski definition) is 3. The fourth-order valence-electron chi connectivity index (χ4n) is 3.11. The van der Waals surface area contributed by atoms with Crippen molar-refractivity contribution in [3.8, 4) is 0 Å². The van der Waals surface area contributed by atoms with E-state index in [1.54, 1.807) is 36.5 Å². The van der Waals surface area contributed by atoms with Gasteiger partial charge in [-0.2, -0.15) is 13.2 Å². The van der Waals surface area contributed by atoms with Crippen LogP contribution in [0, 0.1) is 6.92 Å². The molecule has 4 rings (SSSR count). The van der Waals surface area contributed by atoms with Crippen LogP contribution in [0.4, 0.5) is 24.5 Å². The quantitative estimate of drug-likeness (QED) is 0.481. The first-order valence-electron chi connectivity index (χ1n) is 8.18. The van der Waals surface area contributed by atoms with Crippen LogP contribution in [0.25, 0.3) is 21.8 Å². The molecule has 2 heterocycles. The summed E-state index contributed by atoms with van der Waals surface area (Å²) in [5.74, 6) is 0. The van der Waals surface area contributed by atoms with Gasteiger partial charge in [-0.05, 0) is 55.0 Å². The van der Waals surface area contributed by atoms with Crippen molar-refractivity contribution in [2.24, 2.45) is 0 Å². The van der Waals surface area contributed by atoms with Crippen LogP contribution in [0.1, 0.15) is 11.1 Å². The van der Waals surface area contributed by atoms with E-state index >= 15 is 0 Å². The lowest BCUT2D eigenvalue weighted by Crippen LogP contribution is -2.08. The van der Waals surface area contributed by atoms with Crippen molar-refractivity contribution in [3.05, 3.63) is 76.2 Å². The maximum Gasteiger partial charge on any atom is 0.416 e. The van der Waals surface area contributed by atoms with Gasteiger partial charge in [0.1, 0.15) is 5.65 Å². The lowest BCUT2D eigenvalue weighted by atomic mass is 10.1. The van der Waals surface area contributed by atoms with E-state index in [0.717, 1.165) is 11.5 Å². The van der Waals surface area contributed by atoms with E-state index in [0.29, 0.717) is 27.8 Å². The Hall–Kier alpha value is -3.35. The van der Waals surface area contributed by atoms with Crippen molar-refractivity contribution < 1.29 is 13.2 Å². The van der Waals surface area contributed by atoms with E-state index in [-0.39, 0.29) is 11.1 Å². The fourth-order valence-corrected chi connectivity index (χ4v) is 3.11. The monoisotopic (exact) mass is 369 g/mol. The molecule has 4 aromatic rings. The molecular formula is C20H14F3N3O. The number of nitrogens with one attached hydrogen (secondary N) is 2. The molecule has 0 aliphatic rings. The number of pyridine rings is 2. The van der Waals surface area contributed by atoms with Crippen molar-refractivity contribution in [2.45, 2.75) is 13.1 Å². The van der Waals surface area contributed by atoms with Crippen LogP contribution in [0.2, 0.25) is 0 Å². The number of aromatic nitrogens is 2. The molecule has 2 N–H and O–H groups in total. The third-order valence-corrected chi connectivity index (χ3v) is 4.43. The highest BCUT2D eigenvalue weighted by atomic mass is 19.4. The summed E-state index contributed by atoms with van der Waals surface area (Å²) in [7, 11) is 0. The lowest BCUT2D eigenvalue weighted by Gasteiger charge is -2.14. The Kier molecular flexibility index (Phi) is 3.87. The Bertz CT molecular complexity index is 1230. The van der Waals surface area contributed by atoms with Crippen LogP contribution in [-0.4, -0.2) is 9.97 Å². The molecule has 27 heavy (non-hydrogen) atoms. The maximum atomic E-state index is 13.1. The normalized spacial score (nSPS) is 11.9. The van der Waals surface area contributed by atoms with E-state index in [2.05, 4.69) is 15.3 Å². The van der Waals surface area contributed by atoms with Gasteiger partial charge in [0.2, 0.25) is 0 Å². The number of benzene rings is 2. The van der Waals surface area contributed by atoms with Crippen molar-refractivity contribution in [3.63, 3.8) is 0 Å². The van der Waals surface area contributed by atoms with Crippen LogP contribution >= 0.6 is 0 Å². The summed E-state index contributed by atoms with van der Waals surface area (Å²) in [6.07, 6.45) is -2.84. The number of alkyl halides is 3. The van der Waals surface area contributed by atoms with Crippen molar-refractivity contribution in [1.29, 1.82) is 0 Å². The molecule has 7 heteroatoms. The zero-order valence-corrected chi connectivity index (χ0v) is 14.2. The summed E-state index contributed by atoms with van der Waals surface area (Å²) in [6, 6.07) is 12.7. The molecular weight excluding hydrogens is 355 g/mol. The Balaban J connectivity index is 1.82. The first-order valence-corrected chi connectivity index (χ1v) is 8.18. The summed E-state index contributed by atoms with van der Waals surface area (Å²) in [5.41, 5.74) is 0.573. The second kappa shape index (κ2) is 6.12. The molecule has 0 saturated heterocycles. The van der Waals surface area contributed by atoms with Gasteiger partial charge in [0, 0.05) is 33.7 Å². The van der Waals surface area contributed by atoms with E-state index in [1.807, 2.05) is 6.07 Å². The molecule has 0 aliphatic carbocycles. The summed E-state index contributed by atoms with van der Waals surface area (Å²) < 4.78 is 39.4. The van der Waals surface area contributed by atoms with Gasteiger partial charge in [0.05, 0.1) is 5.56 Å². The van der Waals surface area contributed by atoms with E-state index in [9.17, 15) is 18.0 Å². The number of nitrogens with zero attached hydrogens (tertiary/aromatic N) is 1. The van der Waals surface area contributed by atoms with E-state index in [1.165, 1.54) is 13.0 Å². The van der Waals surface area contributed by atoms with E-state index < -0.39 is 11.7 Å². The number of aryl methyl sites for hydroxylation is 1. The Morgan fingerprint density at radius 1 is 0.963 bits per heavy atom. The number of anilines is 2. The molecule has 0 bridgehead atoms. The number of fused-ring (bicyclic) bond motifs is 3. The lowest BCUT2D eigenvalue weighted by molar-refractivity contribution is -0.138. The summed E-state index contributed by atoms with van der Waals surface area (Å²) in [5, 5.41) is 4.91. The number of hydrogen-bond donors (Lipinski definition) is 2. The number of aromatic amines is 1. The number of rotatable bonds is 2. The average Bonchev–Trinajstić information content (AvgIpc) is 2.62. The molecule has 0 aliphatic heterocycles. The van der Waals surface area contributed by atoms with Gasteiger partial charge in [-0.3, -0.25) is 4.79 Å². The van der Waals surface area contributed by atoms with Crippen molar-refractivity contribution in [1.82, 2.24) is 9.97 Å². The molecule has 4 nitrogen and oxygen atoms in total. The summed E-state index contributed by atoms with van der Waals surface area (Å²) in [6.45, 7) is 1.42. The van der Waals surface area contributed by atoms with Crippen LogP contribution in [0.3, 0.4) is 0 Å². The maximum absolute atomic E-state index is 13.1. The predicted molar refractivity (Wildman–Crippen MR) is 99.3 cm³/mol. The van der Waals surface area contributed by atoms with Gasteiger partial charge in [-0.1, -0.05) is 6.07 Å². The first-order chi connectivity index (χ1) is 12.8. The molecule has 0 saturated carbocycles. The van der Waals surface area contributed by atoms with Gasteiger partial charge in [0.15, 0.2) is 0 Å². The summed E-state index contributed by atoms with van der Waals surface area (Å²) in [4.78, 5) is 19.1. The zero-order chi connectivity index (χ0) is 19.2. The topological polar surface area (TPSA) is 57.8 Å². The third-order valence-electron chi connectivity index (χ3n) is 4.43. The van der Waals surface area contributed by atoms with Gasteiger partial charge in [0.25, 0.3) is 5.56 Å². The highest BCUT2D eigenvalue weighted by Gasteiger charge is 2.32. The van der Waals surface area contributed by atoms with Gasteiger partial charge < -0.3 is 10.3 Å². The highest BCUT2D eigenvalue weighted by molar-refractivity contribution is 6.05. The van der Waals surface area contributed by atoms with Crippen LogP contribution < -0.4 is 10.9 Å². The highest BCUT2D eigenvalue weighted by Crippen LogP contribution is 2.34. The second-order valence-electron chi connectivity index (χ2n) is 6.27. The molecule has 0 fully saturated rings. The Morgan fingerprint density at radius 2 is 1.70 bits per heavy atom. The standard InChI is InChI=1S/C20H14F3N3O/c1-11-4-5-13(10-17(11)20(21,22)23)25-12-6-7-15-16(9-12)14-3-2-8-24-18(14)26-19(15)27/h2-10,25H,1H3,(H,24,26,27). The SMILES string of the molecule is Cc1ccc(Nc2ccc3c(=O)[nH]c4ncccc4c3c2)cc1C(F)(F)F. The molecule has 0 radical (unpaired) electrons. The van der Waals surface area contributed by atoms with Crippen molar-refractivity contribution >= 4 is 33.2 Å². The van der Waals surface area contributed by atoms with Crippen LogP contribution in [-0.2, 0) is 6.18 Å². The second-order valence-corrected chi connectivity index (χ2v) is 6.27. The average molecular weight is 369 g/mol. The minimum absolute atomic E-state index is 0.162. The molecule has 2 aromatic carbocycles. The van der Waals surface area contributed by atoms with E-state index in [4.69, 9.17) is 0 Å². The van der Waals surface area contributed by atoms with Gasteiger partial charge in [-0.15, -0.1) is 0 Å². The minimum Gasteiger partial charge on any atom is -0.355 e. The molecule has 0 spiro atoms. The third kappa shape index (κ3) is 3.12. The molecule has 0 atom stereocenters. The van der Waals surface area contributed by atoms with Gasteiger partial charge >= 0.3 is 6.18 Å². The van der Waals surface area contributed by atoms with Crippen LogP contribution in [0.15, 0.2) is 59.5 Å². The smallest absolute Gasteiger partial charge is 0.355 e. The molecule has 0 unspecified atom stereocenters. The molecule has 136 valence electrons. The largest absolute Gasteiger partial charge is 0.416 e. The molecule has 2 aromatic heterocycles. The minimum atomic E-state index is -4.42. The number of halogens is 3. The fraction of sp³-hybridized carbons (Fsp3) is 0.100. The predicted octanol–water partition coefficient (Wildman–Crippen LogP) is 5.15. The Labute approximate surface area is 151 Å². The molecule has 0 amide bonds. The Morgan fingerprint density at radius 3 is 2.48 bits per heavy atom. The van der Waals surface area contributed by atoms with Crippen LogP contribution in [0.5, 0.6) is 0 Å². The number of H-pyrrole nitrogens is 1. The van der Waals surface area contributed by atoms with Crippen molar-refractivity contribution in [2.75, 3.05) is 5.32 Å². The van der Waals surface area contributed by atoms with Gasteiger partial charge in [-0.25, -0.2) is 4.98 Å². The zero-order valence-electron chi connectivity index (χ0n) is 14.2. The summed E-state index contributed by atoms with van der Waals surface area (Å²) >= 11 is 0.